The molecule has 2 aliphatic rings. The molecule has 2 saturated heterocycles. The number of likely N-dealkylation sites (N-methyl/N-ethyl adjacent to an activating group) is 1. The van der Waals surface area contributed by atoms with Gasteiger partial charge in [0.2, 0.25) is 0 Å². The number of rotatable bonds is 4. The van der Waals surface area contributed by atoms with E-state index >= 15 is 0 Å². The summed E-state index contributed by atoms with van der Waals surface area (Å²) in [4.78, 5) is 20.1. The smallest absolute Gasteiger partial charge is 0.254 e. The van der Waals surface area contributed by atoms with Crippen molar-refractivity contribution in [3.8, 4) is 0 Å². The molecule has 0 radical (unpaired) electrons. The maximum Gasteiger partial charge on any atom is 0.254 e. The third-order valence-corrected chi connectivity index (χ3v) is 5.91. The molecule has 1 amide bonds. The van der Waals surface area contributed by atoms with E-state index in [0.29, 0.717) is 24.0 Å². The summed E-state index contributed by atoms with van der Waals surface area (Å²) in [5.74, 6) is 0.817. The molecule has 2 fully saturated rings. The zero-order chi connectivity index (χ0) is 18.1. The first kappa shape index (κ1) is 18.4. The van der Waals surface area contributed by atoms with E-state index in [1.807, 2.05) is 31.2 Å². The fourth-order valence-electron chi connectivity index (χ4n) is 4.95. The number of hydrogen-bond acceptors (Lipinski definition) is 3. The lowest BCUT2D eigenvalue weighted by atomic mass is 9.91. The Hall–Kier alpha value is -1.39. The van der Waals surface area contributed by atoms with Crippen LogP contribution in [0.2, 0.25) is 0 Å². The maximum atomic E-state index is 13.0. The standard InChI is InChI=1S/C21H33N3O/c1-15(2)24-18(14-22(4)5)12-17-13-23(11-10-20(17)24)21(25)19-9-7-6-8-16(19)3/h6-9,15,17-18,20H,10-14H2,1-5H3/t17-,18+,20+/m1/s1. The first-order valence-electron chi connectivity index (χ1n) is 9.65. The van der Waals surface area contributed by atoms with Gasteiger partial charge in [0.25, 0.3) is 5.91 Å². The Kier molecular flexibility index (Phi) is 5.49. The summed E-state index contributed by atoms with van der Waals surface area (Å²) in [6.07, 6.45) is 2.31. The van der Waals surface area contributed by atoms with E-state index in [0.717, 1.165) is 37.2 Å². The Morgan fingerprint density at radius 2 is 2.00 bits per heavy atom. The van der Waals surface area contributed by atoms with Gasteiger partial charge in [0.05, 0.1) is 0 Å². The van der Waals surface area contributed by atoms with Crippen LogP contribution in [0, 0.1) is 12.8 Å². The number of benzene rings is 1. The molecule has 0 aliphatic carbocycles. The molecule has 3 rings (SSSR count). The molecule has 0 spiro atoms. The molecular weight excluding hydrogens is 310 g/mol. The Labute approximate surface area is 152 Å². The minimum Gasteiger partial charge on any atom is -0.338 e. The molecule has 25 heavy (non-hydrogen) atoms. The molecule has 0 saturated carbocycles. The first-order chi connectivity index (χ1) is 11.9. The normalized spacial score (nSPS) is 27.2. The first-order valence-corrected chi connectivity index (χ1v) is 9.65. The van der Waals surface area contributed by atoms with Gasteiger partial charge < -0.3 is 9.80 Å². The molecule has 2 aliphatic heterocycles. The van der Waals surface area contributed by atoms with Crippen molar-refractivity contribution in [3.05, 3.63) is 35.4 Å². The Balaban J connectivity index is 1.73. The van der Waals surface area contributed by atoms with Crippen LogP contribution in [0.4, 0.5) is 0 Å². The lowest BCUT2D eigenvalue weighted by Gasteiger charge is -2.41. The highest BCUT2D eigenvalue weighted by Crippen LogP contribution is 2.37. The van der Waals surface area contributed by atoms with E-state index in [1.54, 1.807) is 0 Å². The third-order valence-electron chi connectivity index (χ3n) is 5.91. The van der Waals surface area contributed by atoms with Crippen LogP contribution in [-0.2, 0) is 0 Å². The van der Waals surface area contributed by atoms with Gasteiger partial charge >= 0.3 is 0 Å². The fourth-order valence-corrected chi connectivity index (χ4v) is 4.95. The van der Waals surface area contributed by atoms with Crippen LogP contribution in [0.3, 0.4) is 0 Å². The zero-order valence-corrected chi connectivity index (χ0v) is 16.4. The van der Waals surface area contributed by atoms with Crippen LogP contribution in [0.1, 0.15) is 42.6 Å². The van der Waals surface area contributed by atoms with Crippen molar-refractivity contribution in [2.45, 2.75) is 51.7 Å². The predicted octanol–water partition coefficient (Wildman–Crippen LogP) is 2.87. The molecule has 1 aromatic rings. The number of aryl methyl sites for hydroxylation is 1. The van der Waals surface area contributed by atoms with Crippen molar-refractivity contribution in [1.29, 1.82) is 0 Å². The van der Waals surface area contributed by atoms with Crippen molar-refractivity contribution in [2.24, 2.45) is 5.92 Å². The Bertz CT molecular complexity index is 613. The van der Waals surface area contributed by atoms with Gasteiger partial charge in [-0.2, -0.15) is 0 Å². The van der Waals surface area contributed by atoms with Crippen molar-refractivity contribution >= 4 is 5.91 Å². The van der Waals surface area contributed by atoms with E-state index < -0.39 is 0 Å². The van der Waals surface area contributed by atoms with Gasteiger partial charge in [0, 0.05) is 43.3 Å². The summed E-state index contributed by atoms with van der Waals surface area (Å²) < 4.78 is 0. The van der Waals surface area contributed by atoms with Gasteiger partial charge in [-0.05, 0) is 65.3 Å². The summed E-state index contributed by atoms with van der Waals surface area (Å²) in [6.45, 7) is 9.56. The topological polar surface area (TPSA) is 26.8 Å². The summed E-state index contributed by atoms with van der Waals surface area (Å²) >= 11 is 0. The maximum absolute atomic E-state index is 13.0. The van der Waals surface area contributed by atoms with Crippen LogP contribution in [0.25, 0.3) is 0 Å². The number of hydrogen-bond donors (Lipinski definition) is 0. The van der Waals surface area contributed by atoms with Crippen molar-refractivity contribution in [3.63, 3.8) is 0 Å². The van der Waals surface area contributed by atoms with Crippen LogP contribution in [0.15, 0.2) is 24.3 Å². The molecule has 0 aromatic heterocycles. The van der Waals surface area contributed by atoms with E-state index in [1.165, 1.54) is 6.42 Å². The van der Waals surface area contributed by atoms with Gasteiger partial charge in [-0.15, -0.1) is 0 Å². The average Bonchev–Trinajstić information content (AvgIpc) is 2.90. The van der Waals surface area contributed by atoms with E-state index in [2.05, 4.69) is 42.6 Å². The monoisotopic (exact) mass is 343 g/mol. The van der Waals surface area contributed by atoms with E-state index in [4.69, 9.17) is 0 Å². The van der Waals surface area contributed by atoms with Gasteiger partial charge in [-0.1, -0.05) is 18.2 Å². The molecule has 138 valence electrons. The van der Waals surface area contributed by atoms with Crippen LogP contribution >= 0.6 is 0 Å². The molecule has 2 heterocycles. The second-order valence-electron chi connectivity index (χ2n) is 8.37. The van der Waals surface area contributed by atoms with Crippen LogP contribution in [-0.4, -0.2) is 72.5 Å². The number of piperidine rings is 1. The van der Waals surface area contributed by atoms with Crippen molar-refractivity contribution in [2.75, 3.05) is 33.7 Å². The highest BCUT2D eigenvalue weighted by Gasteiger charge is 2.45. The molecule has 3 atom stereocenters. The van der Waals surface area contributed by atoms with Crippen molar-refractivity contribution < 1.29 is 4.79 Å². The van der Waals surface area contributed by atoms with Gasteiger partial charge in [-0.3, -0.25) is 9.69 Å². The lowest BCUT2D eigenvalue weighted by Crippen LogP contribution is -2.51. The number of fused-ring (bicyclic) bond motifs is 1. The molecule has 4 nitrogen and oxygen atoms in total. The largest absolute Gasteiger partial charge is 0.338 e. The highest BCUT2D eigenvalue weighted by atomic mass is 16.2. The second kappa shape index (κ2) is 7.46. The number of nitrogens with zero attached hydrogens (tertiary/aromatic N) is 3. The van der Waals surface area contributed by atoms with Gasteiger partial charge in [0.1, 0.15) is 0 Å². The Morgan fingerprint density at radius 1 is 1.28 bits per heavy atom. The molecule has 4 heteroatoms. The van der Waals surface area contributed by atoms with Gasteiger partial charge in [0.15, 0.2) is 0 Å². The SMILES string of the molecule is Cc1ccccc1C(=O)N1CC[C@H]2[C@H](C[C@@H](CN(C)C)N2C(C)C)C1. The van der Waals surface area contributed by atoms with E-state index in [-0.39, 0.29) is 5.91 Å². The summed E-state index contributed by atoms with van der Waals surface area (Å²) in [5, 5.41) is 0. The average molecular weight is 344 g/mol. The van der Waals surface area contributed by atoms with Gasteiger partial charge in [-0.25, -0.2) is 0 Å². The summed E-state index contributed by atoms with van der Waals surface area (Å²) in [7, 11) is 4.32. The fraction of sp³-hybridized carbons (Fsp3) is 0.667. The lowest BCUT2D eigenvalue weighted by molar-refractivity contribution is 0.0521. The molecular formula is C21H33N3O. The van der Waals surface area contributed by atoms with E-state index in [9.17, 15) is 4.79 Å². The van der Waals surface area contributed by atoms with Crippen molar-refractivity contribution in [1.82, 2.24) is 14.7 Å². The number of amides is 1. The third kappa shape index (κ3) is 3.75. The summed E-state index contributed by atoms with van der Waals surface area (Å²) in [6, 6.07) is 9.78. The minimum absolute atomic E-state index is 0.212. The zero-order valence-electron chi connectivity index (χ0n) is 16.4. The Morgan fingerprint density at radius 3 is 2.64 bits per heavy atom. The molecule has 0 unspecified atom stereocenters. The minimum atomic E-state index is 0.212. The molecule has 0 N–H and O–H groups in total. The number of carbonyl (C=O) groups excluding carboxylic acids is 1. The second-order valence-corrected chi connectivity index (χ2v) is 8.37. The molecule has 1 aromatic carbocycles. The van der Waals surface area contributed by atoms with Crippen LogP contribution < -0.4 is 0 Å². The number of carbonyl (C=O) groups is 1. The molecule has 0 bridgehead atoms. The quantitative estimate of drug-likeness (QED) is 0.841. The predicted molar refractivity (Wildman–Crippen MR) is 103 cm³/mol. The van der Waals surface area contributed by atoms with Crippen LogP contribution in [0.5, 0.6) is 0 Å². The summed E-state index contributed by atoms with van der Waals surface area (Å²) in [5.41, 5.74) is 1.94. The highest BCUT2D eigenvalue weighted by molar-refractivity contribution is 5.95. The number of likely N-dealkylation sites (tertiary alicyclic amines) is 2.